The number of aliphatic hydroxyl groups excluding tert-OH is 2. The first-order valence-electron chi connectivity index (χ1n) is 6.54. The van der Waals surface area contributed by atoms with Gasteiger partial charge in [0.05, 0.1) is 12.8 Å². The first-order chi connectivity index (χ1) is 11.9. The minimum Gasteiger partial charge on any atom is -0.479 e. The first-order valence-corrected chi connectivity index (χ1v) is 6.54. The lowest BCUT2D eigenvalue weighted by atomic mass is 10.2. The highest BCUT2D eigenvalue weighted by Crippen LogP contribution is 2.08. The number of hydrogen-bond donors (Lipinski definition) is 6. The van der Waals surface area contributed by atoms with E-state index in [1.165, 1.54) is 0 Å². The average molecular weight is 382 g/mol. The number of rotatable bonds is 11. The van der Waals surface area contributed by atoms with Gasteiger partial charge >= 0.3 is 35.8 Å². The van der Waals surface area contributed by atoms with E-state index in [2.05, 4.69) is 9.47 Å². The number of aliphatic carboxylic acids is 4. The zero-order valence-corrected chi connectivity index (χ0v) is 12.7. The second-order valence-electron chi connectivity index (χ2n) is 4.56. The van der Waals surface area contributed by atoms with Crippen LogP contribution in [0.15, 0.2) is 0 Å². The molecule has 0 saturated heterocycles. The molecule has 0 aliphatic rings. The molecule has 0 aliphatic heterocycles. The monoisotopic (exact) mass is 382 g/mol. The Bertz CT molecular complexity index is 543. The lowest BCUT2D eigenvalue weighted by molar-refractivity contribution is -0.181. The number of ether oxygens (including phenoxy) is 2. The summed E-state index contributed by atoms with van der Waals surface area (Å²) in [6.07, 6.45) is -11.9. The smallest absolute Gasteiger partial charge is 0.348 e. The molecule has 0 saturated carbocycles. The Morgan fingerprint density at radius 1 is 0.577 bits per heavy atom. The molecule has 14 heteroatoms. The van der Waals surface area contributed by atoms with E-state index >= 15 is 0 Å². The topological polar surface area (TPSA) is 242 Å². The summed E-state index contributed by atoms with van der Waals surface area (Å²) in [5.74, 6) is -10.8. The molecule has 4 unspecified atom stereocenters. The van der Waals surface area contributed by atoms with Gasteiger partial charge in [0.25, 0.3) is 0 Å². The van der Waals surface area contributed by atoms with Gasteiger partial charge in [0, 0.05) is 0 Å². The number of aliphatic hydroxyl groups is 2. The SMILES string of the molecule is O=C(CCC(=O)OC(C(=O)O)C(O)C(=O)O)OC(C(=O)O)C(O)C(=O)O. The predicted octanol–water partition coefficient (Wildman–Crippen LogP) is -3.35. The number of hydrogen-bond acceptors (Lipinski definition) is 10. The van der Waals surface area contributed by atoms with Gasteiger partial charge in [0.1, 0.15) is 0 Å². The largest absolute Gasteiger partial charge is 0.479 e. The molecule has 0 aromatic rings. The van der Waals surface area contributed by atoms with Crippen molar-refractivity contribution in [3.05, 3.63) is 0 Å². The van der Waals surface area contributed by atoms with E-state index in [-0.39, 0.29) is 0 Å². The zero-order chi connectivity index (χ0) is 20.6. The summed E-state index contributed by atoms with van der Waals surface area (Å²) in [5, 5.41) is 52.4. The zero-order valence-electron chi connectivity index (χ0n) is 12.7. The molecule has 0 bridgehead atoms. The molecule has 0 heterocycles. The Labute approximate surface area is 143 Å². The molecule has 14 nitrogen and oxygen atoms in total. The van der Waals surface area contributed by atoms with Crippen LogP contribution < -0.4 is 0 Å². The summed E-state index contributed by atoms with van der Waals surface area (Å²) in [6.45, 7) is 0. The number of carboxylic acids is 4. The van der Waals surface area contributed by atoms with Crippen molar-refractivity contribution in [1.82, 2.24) is 0 Å². The maximum atomic E-state index is 11.4. The lowest BCUT2D eigenvalue weighted by Crippen LogP contribution is -2.43. The van der Waals surface area contributed by atoms with Gasteiger partial charge in [-0.2, -0.15) is 0 Å². The molecule has 4 atom stereocenters. The summed E-state index contributed by atoms with van der Waals surface area (Å²) in [6, 6.07) is 0. The van der Waals surface area contributed by atoms with E-state index in [9.17, 15) is 28.8 Å². The van der Waals surface area contributed by atoms with E-state index in [0.717, 1.165) is 0 Å². The minimum absolute atomic E-state index is 0.912. The normalized spacial score (nSPS) is 15.0. The van der Waals surface area contributed by atoms with Crippen molar-refractivity contribution in [1.29, 1.82) is 0 Å². The Morgan fingerprint density at radius 2 is 0.846 bits per heavy atom. The molecule has 0 aliphatic carbocycles. The molecular formula is C12H14O14. The van der Waals surface area contributed by atoms with Gasteiger partial charge in [-0.05, 0) is 0 Å². The Kier molecular flexibility index (Phi) is 8.66. The van der Waals surface area contributed by atoms with Crippen molar-refractivity contribution < 1.29 is 68.9 Å². The fourth-order valence-electron chi connectivity index (χ4n) is 1.36. The third kappa shape index (κ3) is 7.10. The summed E-state index contributed by atoms with van der Waals surface area (Å²) in [5.41, 5.74) is 0. The summed E-state index contributed by atoms with van der Waals surface area (Å²) in [7, 11) is 0. The van der Waals surface area contributed by atoms with E-state index in [4.69, 9.17) is 30.6 Å². The van der Waals surface area contributed by atoms with Crippen LogP contribution in [-0.4, -0.2) is 90.9 Å². The second-order valence-corrected chi connectivity index (χ2v) is 4.56. The quantitative estimate of drug-likeness (QED) is 0.191. The van der Waals surface area contributed by atoms with Crippen LogP contribution in [0.3, 0.4) is 0 Å². The highest BCUT2D eigenvalue weighted by atomic mass is 16.6. The third-order valence-electron chi connectivity index (χ3n) is 2.62. The van der Waals surface area contributed by atoms with Crippen LogP contribution in [0.2, 0.25) is 0 Å². The molecular weight excluding hydrogens is 368 g/mol. The maximum Gasteiger partial charge on any atom is 0.348 e. The standard InChI is InChI=1S/C12H14O14/c13-3(25-7(11(21)22)5(15)9(17)18)1-2-4(14)26-8(12(23)24)6(16)10(19)20/h5-8,15-16H,1-2H2,(H,17,18)(H,19,20)(H,21,22)(H,23,24). The molecule has 146 valence electrons. The molecule has 6 N–H and O–H groups in total. The number of carbonyl (C=O) groups is 6. The first kappa shape index (κ1) is 22.7. The van der Waals surface area contributed by atoms with Crippen molar-refractivity contribution in [2.75, 3.05) is 0 Å². The van der Waals surface area contributed by atoms with Crippen molar-refractivity contribution in [3.8, 4) is 0 Å². The third-order valence-corrected chi connectivity index (χ3v) is 2.62. The van der Waals surface area contributed by atoms with Gasteiger partial charge < -0.3 is 40.1 Å². The molecule has 0 aromatic carbocycles. The summed E-state index contributed by atoms with van der Waals surface area (Å²) in [4.78, 5) is 65.2. The van der Waals surface area contributed by atoms with Crippen molar-refractivity contribution in [2.24, 2.45) is 0 Å². The van der Waals surface area contributed by atoms with Gasteiger partial charge in [-0.1, -0.05) is 0 Å². The van der Waals surface area contributed by atoms with Crippen LogP contribution in [-0.2, 0) is 38.2 Å². The van der Waals surface area contributed by atoms with Crippen LogP contribution >= 0.6 is 0 Å². The molecule has 0 aromatic heterocycles. The van der Waals surface area contributed by atoms with Gasteiger partial charge in [-0.15, -0.1) is 0 Å². The van der Waals surface area contributed by atoms with Crippen molar-refractivity contribution in [2.45, 2.75) is 37.3 Å². The van der Waals surface area contributed by atoms with Crippen LogP contribution in [0, 0.1) is 0 Å². The summed E-state index contributed by atoms with van der Waals surface area (Å²) < 4.78 is 8.37. The van der Waals surface area contributed by atoms with Crippen LogP contribution in [0.25, 0.3) is 0 Å². The fourth-order valence-corrected chi connectivity index (χ4v) is 1.36. The maximum absolute atomic E-state index is 11.4. The van der Waals surface area contributed by atoms with Gasteiger partial charge in [0.2, 0.25) is 12.2 Å². The minimum atomic E-state index is -2.58. The van der Waals surface area contributed by atoms with Crippen molar-refractivity contribution in [3.63, 3.8) is 0 Å². The second kappa shape index (κ2) is 9.90. The number of carboxylic acid groups (broad SMARTS) is 4. The van der Waals surface area contributed by atoms with Crippen molar-refractivity contribution >= 4 is 35.8 Å². The highest BCUT2D eigenvalue weighted by Gasteiger charge is 2.37. The molecule has 26 heavy (non-hydrogen) atoms. The van der Waals surface area contributed by atoms with Crippen LogP contribution in [0.1, 0.15) is 12.8 Å². The van der Waals surface area contributed by atoms with E-state index in [1.807, 2.05) is 0 Å². The van der Waals surface area contributed by atoms with Crippen LogP contribution in [0.5, 0.6) is 0 Å². The Morgan fingerprint density at radius 3 is 1.04 bits per heavy atom. The number of carbonyl (C=O) groups excluding carboxylic acids is 2. The Balaban J connectivity index is 4.72. The molecule has 0 rings (SSSR count). The van der Waals surface area contributed by atoms with Crippen LogP contribution in [0.4, 0.5) is 0 Å². The van der Waals surface area contributed by atoms with Gasteiger partial charge in [-0.25, -0.2) is 19.2 Å². The molecule has 0 spiro atoms. The average Bonchev–Trinajstić information content (AvgIpc) is 2.53. The molecule has 0 fully saturated rings. The molecule has 0 radical (unpaired) electrons. The summed E-state index contributed by atoms with van der Waals surface area (Å²) >= 11 is 0. The lowest BCUT2D eigenvalue weighted by Gasteiger charge is -2.17. The Hall–Kier alpha value is -3.26. The van der Waals surface area contributed by atoms with Gasteiger partial charge in [0.15, 0.2) is 12.2 Å². The van der Waals surface area contributed by atoms with Gasteiger partial charge in [-0.3, -0.25) is 9.59 Å². The molecule has 0 amide bonds. The number of esters is 2. The van der Waals surface area contributed by atoms with E-state index in [0.29, 0.717) is 0 Å². The van der Waals surface area contributed by atoms with E-state index in [1.54, 1.807) is 0 Å². The fraction of sp³-hybridized carbons (Fsp3) is 0.500. The highest BCUT2D eigenvalue weighted by molar-refractivity contribution is 5.88. The predicted molar refractivity (Wildman–Crippen MR) is 71.6 cm³/mol. The van der Waals surface area contributed by atoms with E-state index < -0.39 is 73.1 Å².